The SMILES string of the molecule is CC(C)(C)c1ccc(/C=C/CC=O)cc1. The molecule has 1 aromatic carbocycles. The normalized spacial score (nSPS) is 11.9. The van der Waals surface area contributed by atoms with Crippen molar-refractivity contribution < 1.29 is 4.79 Å². The van der Waals surface area contributed by atoms with E-state index in [-0.39, 0.29) is 5.41 Å². The molecule has 0 saturated carbocycles. The molecule has 0 saturated heterocycles. The Balaban J connectivity index is 2.77. The van der Waals surface area contributed by atoms with E-state index in [0.717, 1.165) is 11.8 Å². The predicted molar refractivity (Wildman–Crippen MR) is 64.9 cm³/mol. The minimum absolute atomic E-state index is 0.199. The zero-order valence-electron chi connectivity index (χ0n) is 9.66. The van der Waals surface area contributed by atoms with Gasteiger partial charge in [0.25, 0.3) is 0 Å². The standard InChI is InChI=1S/C14H18O/c1-14(2,3)13-9-7-12(8-10-13)6-4-5-11-15/h4,6-11H,5H2,1-3H3/b6-4+. The summed E-state index contributed by atoms with van der Waals surface area (Å²) in [5, 5.41) is 0. The van der Waals surface area contributed by atoms with Crippen molar-refractivity contribution >= 4 is 12.4 Å². The third-order valence-corrected chi connectivity index (χ3v) is 2.32. The first-order valence-electron chi connectivity index (χ1n) is 5.25. The number of benzene rings is 1. The maximum atomic E-state index is 10.1. The maximum absolute atomic E-state index is 10.1. The highest BCUT2D eigenvalue weighted by Gasteiger charge is 2.12. The van der Waals surface area contributed by atoms with Crippen LogP contribution < -0.4 is 0 Å². The lowest BCUT2D eigenvalue weighted by atomic mass is 9.87. The van der Waals surface area contributed by atoms with E-state index in [2.05, 4.69) is 45.0 Å². The van der Waals surface area contributed by atoms with Gasteiger partial charge >= 0.3 is 0 Å². The summed E-state index contributed by atoms with van der Waals surface area (Å²) in [5.74, 6) is 0. The summed E-state index contributed by atoms with van der Waals surface area (Å²) in [5.41, 5.74) is 2.67. The molecule has 1 heteroatoms. The van der Waals surface area contributed by atoms with Gasteiger partial charge in [0.15, 0.2) is 0 Å². The largest absolute Gasteiger partial charge is 0.303 e. The average Bonchev–Trinajstić information content (AvgIpc) is 2.18. The molecule has 0 aliphatic heterocycles. The smallest absolute Gasteiger partial charge is 0.123 e. The number of hydrogen-bond acceptors (Lipinski definition) is 1. The Morgan fingerprint density at radius 2 is 1.73 bits per heavy atom. The van der Waals surface area contributed by atoms with Gasteiger partial charge in [-0.2, -0.15) is 0 Å². The van der Waals surface area contributed by atoms with Gasteiger partial charge < -0.3 is 4.79 Å². The minimum atomic E-state index is 0.199. The molecule has 0 radical (unpaired) electrons. The Morgan fingerprint density at radius 3 is 2.20 bits per heavy atom. The molecule has 0 atom stereocenters. The number of carbonyl (C=O) groups excluding carboxylic acids is 1. The fraction of sp³-hybridized carbons (Fsp3) is 0.357. The van der Waals surface area contributed by atoms with Crippen molar-refractivity contribution in [2.45, 2.75) is 32.6 Å². The zero-order valence-corrected chi connectivity index (χ0v) is 9.66. The average molecular weight is 202 g/mol. The van der Waals surface area contributed by atoms with Crippen molar-refractivity contribution in [3.05, 3.63) is 41.5 Å². The van der Waals surface area contributed by atoms with Crippen LogP contribution in [-0.2, 0) is 10.2 Å². The van der Waals surface area contributed by atoms with E-state index in [4.69, 9.17) is 0 Å². The van der Waals surface area contributed by atoms with Crippen LogP contribution in [0.3, 0.4) is 0 Å². The molecule has 0 aromatic heterocycles. The molecular formula is C14H18O. The molecule has 15 heavy (non-hydrogen) atoms. The van der Waals surface area contributed by atoms with Gasteiger partial charge in [-0.15, -0.1) is 0 Å². The van der Waals surface area contributed by atoms with Gasteiger partial charge in [0, 0.05) is 6.42 Å². The van der Waals surface area contributed by atoms with Gasteiger partial charge in [-0.05, 0) is 16.5 Å². The van der Waals surface area contributed by atoms with E-state index < -0.39 is 0 Å². The lowest BCUT2D eigenvalue weighted by Gasteiger charge is -2.18. The summed E-state index contributed by atoms with van der Waals surface area (Å²) in [6.07, 6.45) is 5.24. The van der Waals surface area contributed by atoms with Gasteiger partial charge in [0.1, 0.15) is 6.29 Å². The Morgan fingerprint density at radius 1 is 1.13 bits per heavy atom. The molecule has 0 fully saturated rings. The first-order valence-corrected chi connectivity index (χ1v) is 5.25. The van der Waals surface area contributed by atoms with Crippen LogP contribution in [0.5, 0.6) is 0 Å². The fourth-order valence-corrected chi connectivity index (χ4v) is 1.35. The molecule has 0 aliphatic rings. The summed E-state index contributed by atoms with van der Waals surface area (Å²) >= 11 is 0. The molecule has 1 nitrogen and oxygen atoms in total. The molecule has 0 amide bonds. The maximum Gasteiger partial charge on any atom is 0.123 e. The summed E-state index contributed by atoms with van der Waals surface area (Å²) < 4.78 is 0. The van der Waals surface area contributed by atoms with E-state index in [9.17, 15) is 4.79 Å². The molecule has 1 aromatic rings. The lowest BCUT2D eigenvalue weighted by Crippen LogP contribution is -2.10. The number of allylic oxidation sites excluding steroid dienone is 1. The molecule has 0 N–H and O–H groups in total. The minimum Gasteiger partial charge on any atom is -0.303 e. The monoisotopic (exact) mass is 202 g/mol. The van der Waals surface area contributed by atoms with Crippen molar-refractivity contribution in [1.82, 2.24) is 0 Å². The lowest BCUT2D eigenvalue weighted by molar-refractivity contribution is -0.107. The van der Waals surface area contributed by atoms with Crippen molar-refractivity contribution in [2.24, 2.45) is 0 Å². The molecule has 0 spiro atoms. The third kappa shape index (κ3) is 3.70. The number of hydrogen-bond donors (Lipinski definition) is 0. The van der Waals surface area contributed by atoms with Crippen molar-refractivity contribution in [3.63, 3.8) is 0 Å². The van der Waals surface area contributed by atoms with Crippen molar-refractivity contribution in [2.75, 3.05) is 0 Å². The summed E-state index contributed by atoms with van der Waals surface area (Å²) in [6.45, 7) is 6.60. The van der Waals surface area contributed by atoms with Crippen LogP contribution in [0.15, 0.2) is 30.3 Å². The summed E-state index contributed by atoms with van der Waals surface area (Å²) in [7, 11) is 0. The van der Waals surface area contributed by atoms with Gasteiger partial charge in [-0.1, -0.05) is 57.2 Å². The van der Waals surface area contributed by atoms with Gasteiger partial charge in [0.05, 0.1) is 0 Å². The van der Waals surface area contributed by atoms with Gasteiger partial charge in [0.2, 0.25) is 0 Å². The molecule has 0 heterocycles. The van der Waals surface area contributed by atoms with Gasteiger partial charge in [-0.25, -0.2) is 0 Å². The van der Waals surface area contributed by atoms with Crippen LogP contribution >= 0.6 is 0 Å². The Kier molecular flexibility index (Phi) is 3.84. The Hall–Kier alpha value is -1.37. The molecule has 1 rings (SSSR count). The van der Waals surface area contributed by atoms with Crippen LogP contribution in [0.4, 0.5) is 0 Å². The highest BCUT2D eigenvalue weighted by molar-refractivity contribution is 5.58. The zero-order chi connectivity index (χ0) is 11.3. The first-order chi connectivity index (χ1) is 7.04. The van der Waals surface area contributed by atoms with E-state index in [0.29, 0.717) is 6.42 Å². The van der Waals surface area contributed by atoms with E-state index in [1.54, 1.807) is 0 Å². The Bertz CT molecular complexity index is 339. The summed E-state index contributed by atoms with van der Waals surface area (Å²) in [4.78, 5) is 10.1. The van der Waals surface area contributed by atoms with Crippen LogP contribution in [0.1, 0.15) is 38.3 Å². The second-order valence-electron chi connectivity index (χ2n) is 4.68. The number of carbonyl (C=O) groups is 1. The quantitative estimate of drug-likeness (QED) is 0.685. The van der Waals surface area contributed by atoms with Crippen LogP contribution in [0.2, 0.25) is 0 Å². The van der Waals surface area contributed by atoms with Gasteiger partial charge in [-0.3, -0.25) is 0 Å². The molecule has 0 aliphatic carbocycles. The van der Waals surface area contributed by atoms with Crippen LogP contribution in [0, 0.1) is 0 Å². The van der Waals surface area contributed by atoms with Crippen LogP contribution in [-0.4, -0.2) is 6.29 Å². The van der Waals surface area contributed by atoms with E-state index in [1.807, 2.05) is 12.2 Å². The molecular weight excluding hydrogens is 184 g/mol. The number of aldehydes is 1. The van der Waals surface area contributed by atoms with Crippen LogP contribution in [0.25, 0.3) is 6.08 Å². The topological polar surface area (TPSA) is 17.1 Å². The third-order valence-electron chi connectivity index (χ3n) is 2.32. The molecule has 0 bridgehead atoms. The second kappa shape index (κ2) is 4.92. The summed E-state index contributed by atoms with van der Waals surface area (Å²) in [6, 6.07) is 8.45. The number of rotatable bonds is 3. The highest BCUT2D eigenvalue weighted by atomic mass is 16.1. The fourth-order valence-electron chi connectivity index (χ4n) is 1.35. The molecule has 0 unspecified atom stereocenters. The predicted octanol–water partition coefficient (Wildman–Crippen LogP) is 3.59. The Labute approximate surface area is 91.8 Å². The van der Waals surface area contributed by atoms with Crippen molar-refractivity contribution in [1.29, 1.82) is 0 Å². The van der Waals surface area contributed by atoms with E-state index in [1.165, 1.54) is 5.56 Å². The second-order valence-corrected chi connectivity index (χ2v) is 4.68. The molecule has 80 valence electrons. The highest BCUT2D eigenvalue weighted by Crippen LogP contribution is 2.22. The first kappa shape index (κ1) is 11.7. The van der Waals surface area contributed by atoms with Crippen molar-refractivity contribution in [3.8, 4) is 0 Å². The van der Waals surface area contributed by atoms with E-state index >= 15 is 0 Å².